The van der Waals surface area contributed by atoms with Gasteiger partial charge in [0, 0.05) is 6.92 Å². The van der Waals surface area contributed by atoms with Crippen LogP contribution >= 0.6 is 11.6 Å². The van der Waals surface area contributed by atoms with Crippen molar-refractivity contribution >= 4 is 17.5 Å². The van der Waals surface area contributed by atoms with E-state index in [9.17, 15) is 5.11 Å². The van der Waals surface area contributed by atoms with Crippen LogP contribution in [-0.2, 0) is 4.74 Å². The number of nitrogens with zero attached hydrogens (tertiary/aromatic N) is 1. The fourth-order valence-electron chi connectivity index (χ4n) is 0.646. The maximum atomic E-state index is 9.23. The Morgan fingerprint density at radius 1 is 2.00 bits per heavy atom. The highest BCUT2D eigenvalue weighted by Crippen LogP contribution is 2.16. The largest absolute Gasteiger partial charge is 0.476 e. The maximum absolute atomic E-state index is 9.23. The lowest BCUT2D eigenvalue weighted by Crippen LogP contribution is -2.29. The zero-order valence-corrected chi connectivity index (χ0v) is 5.85. The van der Waals surface area contributed by atoms with Crippen molar-refractivity contribution in [2.24, 2.45) is 4.99 Å². The zero-order chi connectivity index (χ0) is 6.91. The zero-order valence-electron chi connectivity index (χ0n) is 5.09. The fourth-order valence-corrected chi connectivity index (χ4v) is 0.783. The van der Waals surface area contributed by atoms with E-state index in [1.807, 2.05) is 0 Å². The molecule has 0 saturated carbocycles. The van der Waals surface area contributed by atoms with Gasteiger partial charge in [0.2, 0.25) is 5.72 Å². The molecule has 0 saturated heterocycles. The third-order valence-corrected chi connectivity index (χ3v) is 1.52. The summed E-state index contributed by atoms with van der Waals surface area (Å²) < 4.78 is 4.87. The Balaban J connectivity index is 2.64. The lowest BCUT2D eigenvalue weighted by Gasteiger charge is -2.10. The van der Waals surface area contributed by atoms with Gasteiger partial charge in [-0.05, 0) is 0 Å². The van der Waals surface area contributed by atoms with Crippen molar-refractivity contribution in [2.75, 3.05) is 12.5 Å². The molecule has 0 fully saturated rings. The number of hydrogen-bond acceptors (Lipinski definition) is 3. The van der Waals surface area contributed by atoms with Crippen LogP contribution < -0.4 is 0 Å². The molecule has 1 atom stereocenters. The molecule has 0 radical (unpaired) electrons. The highest BCUT2D eigenvalue weighted by molar-refractivity contribution is 6.18. The normalized spacial score (nSPS) is 33.9. The van der Waals surface area contributed by atoms with Crippen molar-refractivity contribution in [3.05, 3.63) is 0 Å². The Morgan fingerprint density at radius 2 is 2.67 bits per heavy atom. The molecule has 1 aliphatic rings. The average molecular weight is 150 g/mol. The first-order valence-electron chi connectivity index (χ1n) is 2.64. The Labute approximate surface area is 58.3 Å². The topological polar surface area (TPSA) is 41.8 Å². The van der Waals surface area contributed by atoms with Gasteiger partial charge in [-0.15, -0.1) is 11.6 Å². The summed E-state index contributed by atoms with van der Waals surface area (Å²) in [4.78, 5) is 3.76. The Morgan fingerprint density at radius 3 is 2.89 bits per heavy atom. The summed E-state index contributed by atoms with van der Waals surface area (Å²) in [6, 6.07) is 0. The maximum Gasteiger partial charge on any atom is 0.207 e. The van der Waals surface area contributed by atoms with E-state index in [0.717, 1.165) is 0 Å². The second kappa shape index (κ2) is 2.15. The first-order chi connectivity index (χ1) is 4.16. The minimum Gasteiger partial charge on any atom is -0.476 e. The molecule has 1 N–H and O–H groups in total. The van der Waals surface area contributed by atoms with Gasteiger partial charge in [-0.2, -0.15) is 0 Å². The van der Waals surface area contributed by atoms with Gasteiger partial charge < -0.3 is 9.84 Å². The van der Waals surface area contributed by atoms with Gasteiger partial charge in [0.25, 0.3) is 0 Å². The molecule has 1 rings (SSSR count). The number of rotatable bonds is 1. The first-order valence-corrected chi connectivity index (χ1v) is 3.17. The second-order valence-corrected chi connectivity index (χ2v) is 2.30. The van der Waals surface area contributed by atoms with E-state index >= 15 is 0 Å². The first kappa shape index (κ1) is 6.83. The van der Waals surface area contributed by atoms with Gasteiger partial charge in [-0.1, -0.05) is 0 Å². The summed E-state index contributed by atoms with van der Waals surface area (Å²) >= 11 is 5.38. The summed E-state index contributed by atoms with van der Waals surface area (Å²) in [5.41, 5.74) is -1.16. The van der Waals surface area contributed by atoms with Crippen LogP contribution in [0.4, 0.5) is 0 Å². The third kappa shape index (κ3) is 1.34. The average Bonchev–Trinajstić information content (AvgIpc) is 2.13. The summed E-state index contributed by atoms with van der Waals surface area (Å²) in [5.74, 6) is 0.586. The molecule has 0 spiro atoms. The highest BCUT2D eigenvalue weighted by Gasteiger charge is 2.31. The fraction of sp³-hybridized carbons (Fsp3) is 0.800. The quantitative estimate of drug-likeness (QED) is 0.547. The van der Waals surface area contributed by atoms with Crippen LogP contribution in [0.1, 0.15) is 6.92 Å². The molecule has 1 unspecified atom stereocenters. The second-order valence-electron chi connectivity index (χ2n) is 2.04. The highest BCUT2D eigenvalue weighted by atomic mass is 35.5. The minimum atomic E-state index is -1.16. The van der Waals surface area contributed by atoms with Crippen molar-refractivity contribution in [3.63, 3.8) is 0 Å². The Bertz CT molecular complexity index is 148. The van der Waals surface area contributed by atoms with Gasteiger partial charge in [0.1, 0.15) is 6.61 Å². The molecule has 0 aromatic heterocycles. The molecule has 52 valence electrons. The van der Waals surface area contributed by atoms with Crippen molar-refractivity contribution in [1.29, 1.82) is 0 Å². The van der Waals surface area contributed by atoms with Crippen molar-refractivity contribution in [3.8, 4) is 0 Å². The predicted molar refractivity (Wildman–Crippen MR) is 34.7 cm³/mol. The molecule has 0 aromatic rings. The van der Waals surface area contributed by atoms with Gasteiger partial charge in [-0.25, -0.2) is 4.99 Å². The smallest absolute Gasteiger partial charge is 0.207 e. The summed E-state index contributed by atoms with van der Waals surface area (Å²) in [6.07, 6.45) is 0. The Hall–Kier alpha value is -0.280. The summed E-state index contributed by atoms with van der Waals surface area (Å²) in [7, 11) is 0. The van der Waals surface area contributed by atoms with E-state index < -0.39 is 5.72 Å². The van der Waals surface area contributed by atoms with Crippen LogP contribution in [0.15, 0.2) is 4.99 Å². The molecule has 9 heavy (non-hydrogen) atoms. The molecule has 3 nitrogen and oxygen atoms in total. The molecule has 1 aliphatic heterocycles. The lowest BCUT2D eigenvalue weighted by molar-refractivity contribution is 0.0440. The van der Waals surface area contributed by atoms with Crippen LogP contribution in [0.5, 0.6) is 0 Å². The van der Waals surface area contributed by atoms with Crippen molar-refractivity contribution < 1.29 is 9.84 Å². The molecular formula is C5H8ClNO2. The monoisotopic (exact) mass is 149 g/mol. The molecule has 0 aromatic carbocycles. The molecule has 4 heteroatoms. The molecule has 0 amide bonds. The van der Waals surface area contributed by atoms with Crippen LogP contribution in [0.2, 0.25) is 0 Å². The standard InChI is InChI=1S/C5H8ClNO2/c1-4-7-5(8,2-6)3-9-4/h8H,2-3H2,1H3. The van der Waals surface area contributed by atoms with Crippen LogP contribution in [0.3, 0.4) is 0 Å². The molecule has 0 bridgehead atoms. The minimum absolute atomic E-state index is 0.0876. The van der Waals surface area contributed by atoms with Gasteiger partial charge >= 0.3 is 0 Å². The number of ether oxygens (including phenoxy) is 1. The van der Waals surface area contributed by atoms with Crippen molar-refractivity contribution in [2.45, 2.75) is 12.6 Å². The van der Waals surface area contributed by atoms with E-state index in [2.05, 4.69) is 4.99 Å². The Kier molecular flexibility index (Phi) is 1.64. The lowest BCUT2D eigenvalue weighted by atomic mass is 10.3. The van der Waals surface area contributed by atoms with E-state index in [0.29, 0.717) is 5.90 Å². The van der Waals surface area contributed by atoms with E-state index in [1.165, 1.54) is 0 Å². The van der Waals surface area contributed by atoms with E-state index in [-0.39, 0.29) is 12.5 Å². The van der Waals surface area contributed by atoms with E-state index in [4.69, 9.17) is 16.3 Å². The van der Waals surface area contributed by atoms with Gasteiger partial charge in [0.15, 0.2) is 5.90 Å². The van der Waals surface area contributed by atoms with Crippen LogP contribution in [-0.4, -0.2) is 29.2 Å². The summed E-state index contributed by atoms with van der Waals surface area (Å²) in [6.45, 7) is 1.87. The van der Waals surface area contributed by atoms with E-state index in [1.54, 1.807) is 6.92 Å². The van der Waals surface area contributed by atoms with Gasteiger partial charge in [-0.3, -0.25) is 0 Å². The number of halogens is 1. The number of hydrogen-bond donors (Lipinski definition) is 1. The van der Waals surface area contributed by atoms with Crippen molar-refractivity contribution in [1.82, 2.24) is 0 Å². The van der Waals surface area contributed by atoms with Gasteiger partial charge in [0.05, 0.1) is 5.88 Å². The molecular weight excluding hydrogens is 142 g/mol. The third-order valence-electron chi connectivity index (χ3n) is 1.09. The molecule has 0 aliphatic carbocycles. The van der Waals surface area contributed by atoms with Crippen LogP contribution in [0.25, 0.3) is 0 Å². The summed E-state index contributed by atoms with van der Waals surface area (Å²) in [5, 5.41) is 9.23. The predicted octanol–water partition coefficient (Wildman–Crippen LogP) is 0.362. The number of aliphatic hydroxyl groups is 1. The number of aliphatic imine (C=N–C) groups is 1. The van der Waals surface area contributed by atoms with Crippen LogP contribution in [0, 0.1) is 0 Å². The molecule has 1 heterocycles. The SMILES string of the molecule is CC1=NC(O)(CCl)CO1. The number of alkyl halides is 1.